The first-order valence-corrected chi connectivity index (χ1v) is 15.0. The molecule has 12 nitrogen and oxygen atoms in total. The summed E-state index contributed by atoms with van der Waals surface area (Å²) in [6, 6.07) is 13.3. The fraction of sp³-hybridized carbons (Fsp3) is 0.500. The number of ether oxygens (including phenoxy) is 1. The van der Waals surface area contributed by atoms with Crippen LogP contribution in [0.3, 0.4) is 0 Å². The van der Waals surface area contributed by atoms with E-state index in [1.54, 1.807) is 51.0 Å². The monoisotopic (exact) mass is 609 g/mol. The van der Waals surface area contributed by atoms with Crippen molar-refractivity contribution in [1.82, 2.24) is 30.7 Å². The van der Waals surface area contributed by atoms with Crippen LogP contribution in [0.5, 0.6) is 0 Å². The van der Waals surface area contributed by atoms with Gasteiger partial charge in [-0.1, -0.05) is 37.3 Å². The number of benzene rings is 2. The topological polar surface area (TPSA) is 127 Å². The van der Waals surface area contributed by atoms with Crippen LogP contribution in [0.4, 0.5) is 10.5 Å². The average Bonchev–Trinajstić information content (AvgIpc) is 3.42. The van der Waals surface area contributed by atoms with Gasteiger partial charge in [-0.3, -0.25) is 24.8 Å². The smallest absolute Gasteiger partial charge is 0.410 e. The van der Waals surface area contributed by atoms with Crippen molar-refractivity contribution in [1.29, 1.82) is 0 Å². The van der Waals surface area contributed by atoms with Crippen LogP contribution in [0, 0.1) is 6.92 Å². The molecule has 0 aromatic heterocycles. The highest BCUT2D eigenvalue weighted by molar-refractivity contribution is 5.95. The molecule has 0 radical (unpaired) electrons. The Morgan fingerprint density at radius 3 is 2.16 bits per heavy atom. The first-order chi connectivity index (χ1) is 20.8. The SMILES string of the molecule is CCNNC(=O)c1ccc(C)c(NCC(=O)N(CCN(CC)C(=O)OC(C)(C)C)CC(=O)N(C)N2Cc3ccccc3C2)c1. The molecular formula is C32H47N7O5. The number of likely N-dealkylation sites (N-methyl/N-ethyl adjacent to an activating group) is 2. The van der Waals surface area contributed by atoms with Crippen LogP contribution in [0.2, 0.25) is 0 Å². The molecule has 1 aliphatic heterocycles. The number of hydrogen-bond donors (Lipinski definition) is 3. The molecule has 44 heavy (non-hydrogen) atoms. The summed E-state index contributed by atoms with van der Waals surface area (Å²) < 4.78 is 5.53. The van der Waals surface area contributed by atoms with E-state index < -0.39 is 11.7 Å². The third-order valence-electron chi connectivity index (χ3n) is 7.27. The van der Waals surface area contributed by atoms with Crippen LogP contribution in [0.25, 0.3) is 0 Å². The second-order valence-electron chi connectivity index (χ2n) is 11.8. The molecule has 1 aliphatic rings. The highest BCUT2D eigenvalue weighted by Gasteiger charge is 2.28. The number of anilines is 1. The van der Waals surface area contributed by atoms with Gasteiger partial charge in [-0.2, -0.15) is 0 Å². The van der Waals surface area contributed by atoms with Crippen LogP contribution in [0.1, 0.15) is 61.7 Å². The molecule has 240 valence electrons. The highest BCUT2D eigenvalue weighted by Crippen LogP contribution is 2.23. The van der Waals surface area contributed by atoms with Crippen molar-refractivity contribution in [2.45, 2.75) is 60.2 Å². The van der Waals surface area contributed by atoms with Gasteiger partial charge in [0.25, 0.3) is 11.8 Å². The lowest BCUT2D eigenvalue weighted by molar-refractivity contribution is -0.151. The molecule has 0 aliphatic carbocycles. The number of carbonyl (C=O) groups is 4. The van der Waals surface area contributed by atoms with E-state index in [0.717, 1.165) is 16.7 Å². The van der Waals surface area contributed by atoms with Gasteiger partial charge in [-0.25, -0.2) is 15.2 Å². The predicted molar refractivity (Wildman–Crippen MR) is 169 cm³/mol. The maximum atomic E-state index is 13.6. The maximum absolute atomic E-state index is 13.6. The number of nitrogens with zero attached hydrogens (tertiary/aromatic N) is 4. The first kappa shape index (κ1) is 34.3. The molecule has 0 spiro atoms. The van der Waals surface area contributed by atoms with E-state index in [4.69, 9.17) is 4.74 Å². The van der Waals surface area contributed by atoms with Crippen molar-refractivity contribution in [3.8, 4) is 0 Å². The highest BCUT2D eigenvalue weighted by atomic mass is 16.6. The zero-order chi connectivity index (χ0) is 32.4. The number of hydrazine groups is 2. The van der Waals surface area contributed by atoms with E-state index in [2.05, 4.69) is 16.2 Å². The van der Waals surface area contributed by atoms with E-state index >= 15 is 0 Å². The number of rotatable bonds is 13. The fourth-order valence-electron chi connectivity index (χ4n) is 4.67. The van der Waals surface area contributed by atoms with Crippen LogP contribution < -0.4 is 16.2 Å². The van der Waals surface area contributed by atoms with Gasteiger partial charge in [0, 0.05) is 57.6 Å². The van der Waals surface area contributed by atoms with Crippen molar-refractivity contribution in [2.24, 2.45) is 0 Å². The molecule has 0 saturated heterocycles. The minimum atomic E-state index is -0.661. The molecule has 0 unspecified atom stereocenters. The van der Waals surface area contributed by atoms with E-state index in [-0.39, 0.29) is 43.9 Å². The van der Waals surface area contributed by atoms with E-state index in [1.807, 2.05) is 50.0 Å². The summed E-state index contributed by atoms with van der Waals surface area (Å²) in [7, 11) is 1.71. The molecule has 0 fully saturated rings. The summed E-state index contributed by atoms with van der Waals surface area (Å²) >= 11 is 0. The zero-order valence-corrected chi connectivity index (χ0v) is 27.0. The second-order valence-corrected chi connectivity index (χ2v) is 11.8. The molecular weight excluding hydrogens is 562 g/mol. The molecule has 3 N–H and O–H groups in total. The van der Waals surface area contributed by atoms with Gasteiger partial charge in [-0.15, -0.1) is 0 Å². The molecule has 3 rings (SSSR count). The van der Waals surface area contributed by atoms with Crippen molar-refractivity contribution >= 4 is 29.5 Å². The molecule has 12 heteroatoms. The third kappa shape index (κ3) is 9.68. The molecule has 2 aromatic rings. The quantitative estimate of drug-likeness (QED) is 0.296. The Morgan fingerprint density at radius 1 is 0.932 bits per heavy atom. The van der Waals surface area contributed by atoms with Gasteiger partial charge < -0.3 is 19.9 Å². The van der Waals surface area contributed by atoms with Crippen LogP contribution in [0.15, 0.2) is 42.5 Å². The Hall–Kier alpha value is -4.16. The number of amides is 4. The lowest BCUT2D eigenvalue weighted by atomic mass is 10.1. The van der Waals surface area contributed by atoms with Gasteiger partial charge >= 0.3 is 6.09 Å². The normalized spacial score (nSPS) is 12.7. The van der Waals surface area contributed by atoms with Crippen molar-refractivity contribution < 1.29 is 23.9 Å². The number of carbonyl (C=O) groups excluding carboxylic acids is 4. The summed E-state index contributed by atoms with van der Waals surface area (Å²) in [4.78, 5) is 55.2. The summed E-state index contributed by atoms with van der Waals surface area (Å²) in [6.07, 6.45) is -0.480. The predicted octanol–water partition coefficient (Wildman–Crippen LogP) is 3.14. The fourth-order valence-corrected chi connectivity index (χ4v) is 4.67. The lowest BCUT2D eigenvalue weighted by Crippen LogP contribution is -2.50. The van der Waals surface area contributed by atoms with Crippen molar-refractivity contribution in [3.63, 3.8) is 0 Å². The minimum Gasteiger partial charge on any atom is -0.444 e. The molecule has 4 amide bonds. The van der Waals surface area contributed by atoms with Gasteiger partial charge in [0.1, 0.15) is 12.1 Å². The Morgan fingerprint density at radius 2 is 1.57 bits per heavy atom. The average molecular weight is 610 g/mol. The zero-order valence-electron chi connectivity index (χ0n) is 27.0. The van der Waals surface area contributed by atoms with Gasteiger partial charge in [0.2, 0.25) is 5.91 Å². The van der Waals surface area contributed by atoms with E-state index in [0.29, 0.717) is 37.4 Å². The van der Waals surface area contributed by atoms with Crippen LogP contribution in [-0.2, 0) is 27.4 Å². The second kappa shape index (κ2) is 15.5. The van der Waals surface area contributed by atoms with E-state index in [9.17, 15) is 19.2 Å². The Balaban J connectivity index is 1.72. The third-order valence-corrected chi connectivity index (χ3v) is 7.27. The molecule has 2 aromatic carbocycles. The van der Waals surface area contributed by atoms with Gasteiger partial charge in [-0.05, 0) is 63.4 Å². The summed E-state index contributed by atoms with van der Waals surface area (Å²) in [5, 5.41) is 6.65. The lowest BCUT2D eigenvalue weighted by Gasteiger charge is -2.32. The largest absolute Gasteiger partial charge is 0.444 e. The molecule has 0 bridgehead atoms. The Labute approximate surface area is 260 Å². The van der Waals surface area contributed by atoms with Crippen molar-refractivity contribution in [3.05, 3.63) is 64.7 Å². The molecule has 1 heterocycles. The maximum Gasteiger partial charge on any atom is 0.410 e. The van der Waals surface area contributed by atoms with Crippen LogP contribution in [-0.4, -0.2) is 95.5 Å². The Bertz CT molecular complexity index is 1300. The molecule has 0 atom stereocenters. The number of nitrogens with one attached hydrogen (secondary N) is 3. The first-order valence-electron chi connectivity index (χ1n) is 15.0. The minimum absolute atomic E-state index is 0.107. The summed E-state index contributed by atoms with van der Waals surface area (Å²) in [6.45, 7) is 13.2. The number of hydrogen-bond acceptors (Lipinski definition) is 8. The standard InChI is InChI=1S/C32H47N7O5/c1-8-34-35-30(42)24-15-14-23(3)27(18-24)33-19-28(40)38(17-16-37(9-2)31(43)44-32(4,5)6)22-29(41)36(7)39-20-25-12-10-11-13-26(25)21-39/h10-15,18,33-34H,8-9,16-17,19-22H2,1-7H3,(H,35,42). The Kier molecular flexibility index (Phi) is 12.1. The van der Waals surface area contributed by atoms with Crippen LogP contribution >= 0.6 is 0 Å². The van der Waals surface area contributed by atoms with Gasteiger partial charge in [0.05, 0.1) is 6.54 Å². The number of fused-ring (bicyclic) bond motifs is 1. The summed E-state index contributed by atoms with van der Waals surface area (Å²) in [5.74, 6) is -0.856. The molecule has 0 saturated carbocycles. The van der Waals surface area contributed by atoms with Gasteiger partial charge in [0.15, 0.2) is 0 Å². The van der Waals surface area contributed by atoms with E-state index in [1.165, 1.54) is 9.80 Å². The summed E-state index contributed by atoms with van der Waals surface area (Å²) in [5.41, 5.74) is 8.99. The number of aryl methyl sites for hydroxylation is 1. The van der Waals surface area contributed by atoms with Crippen molar-refractivity contribution in [2.75, 3.05) is 51.6 Å².